The van der Waals surface area contributed by atoms with Crippen molar-refractivity contribution in [3.63, 3.8) is 0 Å². The third-order valence-corrected chi connectivity index (χ3v) is 4.31. The number of para-hydroxylation sites is 1. The SMILES string of the molecule is CCc1ccccc1OCC1(CS)CCC1. The van der Waals surface area contributed by atoms with Gasteiger partial charge in [-0.3, -0.25) is 0 Å². The topological polar surface area (TPSA) is 9.23 Å². The van der Waals surface area contributed by atoms with Crippen molar-refractivity contribution in [2.75, 3.05) is 12.4 Å². The van der Waals surface area contributed by atoms with Gasteiger partial charge in [-0.05, 0) is 36.6 Å². The van der Waals surface area contributed by atoms with Crippen LogP contribution in [0.4, 0.5) is 0 Å². The molecule has 1 saturated carbocycles. The van der Waals surface area contributed by atoms with Crippen molar-refractivity contribution in [2.45, 2.75) is 32.6 Å². The third-order valence-electron chi connectivity index (χ3n) is 3.64. The van der Waals surface area contributed by atoms with Crippen LogP contribution in [0.2, 0.25) is 0 Å². The summed E-state index contributed by atoms with van der Waals surface area (Å²) in [7, 11) is 0. The van der Waals surface area contributed by atoms with Crippen LogP contribution in [0.5, 0.6) is 5.75 Å². The second kappa shape index (κ2) is 5.13. The van der Waals surface area contributed by atoms with E-state index in [0.29, 0.717) is 5.41 Å². The van der Waals surface area contributed by atoms with Gasteiger partial charge in [0.15, 0.2) is 0 Å². The molecule has 1 aliphatic rings. The standard InChI is InChI=1S/C14H20OS/c1-2-12-6-3-4-7-13(12)15-10-14(11-16)8-5-9-14/h3-4,6-7,16H,2,5,8-11H2,1H3. The molecule has 1 aromatic carbocycles. The maximum absolute atomic E-state index is 5.98. The zero-order valence-electron chi connectivity index (χ0n) is 9.91. The number of ether oxygens (including phenoxy) is 1. The second-order valence-corrected chi connectivity index (χ2v) is 5.08. The number of aryl methyl sites for hydroxylation is 1. The lowest BCUT2D eigenvalue weighted by Crippen LogP contribution is -2.37. The number of hydrogen-bond acceptors (Lipinski definition) is 2. The van der Waals surface area contributed by atoms with Crippen LogP contribution in [-0.2, 0) is 6.42 Å². The Morgan fingerprint density at radius 3 is 2.62 bits per heavy atom. The third kappa shape index (κ3) is 2.37. The molecule has 0 atom stereocenters. The average molecular weight is 236 g/mol. The van der Waals surface area contributed by atoms with Crippen molar-refractivity contribution < 1.29 is 4.74 Å². The number of hydrogen-bond donors (Lipinski definition) is 1. The lowest BCUT2D eigenvalue weighted by atomic mass is 9.71. The van der Waals surface area contributed by atoms with E-state index in [9.17, 15) is 0 Å². The van der Waals surface area contributed by atoms with Crippen LogP contribution in [0, 0.1) is 5.41 Å². The molecular formula is C14H20OS. The Morgan fingerprint density at radius 2 is 2.06 bits per heavy atom. The summed E-state index contributed by atoms with van der Waals surface area (Å²) in [4.78, 5) is 0. The Morgan fingerprint density at radius 1 is 1.31 bits per heavy atom. The molecule has 1 fully saturated rings. The quantitative estimate of drug-likeness (QED) is 0.766. The highest BCUT2D eigenvalue weighted by Gasteiger charge is 2.36. The molecule has 16 heavy (non-hydrogen) atoms. The molecule has 0 spiro atoms. The van der Waals surface area contributed by atoms with Crippen molar-refractivity contribution in [3.05, 3.63) is 29.8 Å². The molecule has 0 amide bonds. The van der Waals surface area contributed by atoms with E-state index in [1.165, 1.54) is 24.8 Å². The normalized spacial score (nSPS) is 17.9. The summed E-state index contributed by atoms with van der Waals surface area (Å²) in [5.41, 5.74) is 1.65. The van der Waals surface area contributed by atoms with Crippen LogP contribution in [-0.4, -0.2) is 12.4 Å². The predicted octanol–water partition coefficient (Wildman–Crippen LogP) is 3.73. The average Bonchev–Trinajstić information content (AvgIpc) is 2.29. The van der Waals surface area contributed by atoms with Gasteiger partial charge >= 0.3 is 0 Å². The van der Waals surface area contributed by atoms with Gasteiger partial charge in [0.2, 0.25) is 0 Å². The smallest absolute Gasteiger partial charge is 0.122 e. The van der Waals surface area contributed by atoms with Gasteiger partial charge < -0.3 is 4.74 Å². The number of rotatable bonds is 5. The monoisotopic (exact) mass is 236 g/mol. The number of thiol groups is 1. The van der Waals surface area contributed by atoms with Gasteiger partial charge in [-0.25, -0.2) is 0 Å². The zero-order valence-corrected chi connectivity index (χ0v) is 10.8. The first-order valence-electron chi connectivity index (χ1n) is 6.11. The molecule has 2 heteroatoms. The van der Waals surface area contributed by atoms with Crippen LogP contribution in [0.3, 0.4) is 0 Å². The van der Waals surface area contributed by atoms with Gasteiger partial charge in [0.25, 0.3) is 0 Å². The summed E-state index contributed by atoms with van der Waals surface area (Å²) < 4.78 is 5.98. The molecule has 2 rings (SSSR count). The summed E-state index contributed by atoms with van der Waals surface area (Å²) in [6.07, 6.45) is 4.90. The Balaban J connectivity index is 1.98. The molecule has 0 unspecified atom stereocenters. The first-order valence-corrected chi connectivity index (χ1v) is 6.74. The van der Waals surface area contributed by atoms with Gasteiger partial charge in [-0.15, -0.1) is 0 Å². The zero-order chi connectivity index (χ0) is 11.4. The lowest BCUT2D eigenvalue weighted by molar-refractivity contribution is 0.0824. The van der Waals surface area contributed by atoms with Crippen LogP contribution >= 0.6 is 12.6 Å². The van der Waals surface area contributed by atoms with Crippen LogP contribution in [0.1, 0.15) is 31.7 Å². The van der Waals surface area contributed by atoms with E-state index in [-0.39, 0.29) is 0 Å². The Labute approximate surface area is 104 Å². The maximum Gasteiger partial charge on any atom is 0.122 e. The molecule has 1 nitrogen and oxygen atoms in total. The first-order chi connectivity index (χ1) is 7.79. The van der Waals surface area contributed by atoms with E-state index in [1.54, 1.807) is 0 Å². The van der Waals surface area contributed by atoms with Crippen LogP contribution in [0.25, 0.3) is 0 Å². The summed E-state index contributed by atoms with van der Waals surface area (Å²) >= 11 is 4.45. The van der Waals surface area contributed by atoms with Crippen molar-refractivity contribution >= 4 is 12.6 Å². The van der Waals surface area contributed by atoms with Crippen molar-refractivity contribution in [1.82, 2.24) is 0 Å². The van der Waals surface area contributed by atoms with Crippen molar-refractivity contribution in [3.8, 4) is 5.75 Å². The van der Waals surface area contributed by atoms with Crippen molar-refractivity contribution in [2.24, 2.45) is 5.41 Å². The summed E-state index contributed by atoms with van der Waals surface area (Å²) in [6.45, 7) is 2.99. The van der Waals surface area contributed by atoms with E-state index < -0.39 is 0 Å². The highest BCUT2D eigenvalue weighted by Crippen LogP contribution is 2.42. The highest BCUT2D eigenvalue weighted by molar-refractivity contribution is 7.80. The molecule has 0 bridgehead atoms. The molecular weight excluding hydrogens is 216 g/mol. The molecule has 88 valence electrons. The molecule has 0 saturated heterocycles. The fourth-order valence-corrected chi connectivity index (χ4v) is 2.60. The molecule has 1 aromatic rings. The summed E-state index contributed by atoms with van der Waals surface area (Å²) in [5.74, 6) is 2.00. The van der Waals surface area contributed by atoms with E-state index in [1.807, 2.05) is 6.07 Å². The highest BCUT2D eigenvalue weighted by atomic mass is 32.1. The first kappa shape index (κ1) is 11.8. The molecule has 0 aromatic heterocycles. The van der Waals surface area contributed by atoms with Crippen LogP contribution in [0.15, 0.2) is 24.3 Å². The van der Waals surface area contributed by atoms with Crippen molar-refractivity contribution in [1.29, 1.82) is 0 Å². The van der Waals surface area contributed by atoms with E-state index in [2.05, 4.69) is 37.8 Å². The van der Waals surface area contributed by atoms with Gasteiger partial charge in [-0.2, -0.15) is 12.6 Å². The molecule has 0 aliphatic heterocycles. The fraction of sp³-hybridized carbons (Fsp3) is 0.571. The largest absolute Gasteiger partial charge is 0.493 e. The number of benzene rings is 1. The Kier molecular flexibility index (Phi) is 3.80. The molecule has 0 heterocycles. The van der Waals surface area contributed by atoms with Gasteiger partial charge in [0.05, 0.1) is 6.61 Å². The molecule has 0 radical (unpaired) electrons. The predicted molar refractivity (Wildman–Crippen MR) is 71.5 cm³/mol. The van der Waals surface area contributed by atoms with Gasteiger partial charge in [0, 0.05) is 5.41 Å². The Bertz CT molecular complexity index is 339. The van der Waals surface area contributed by atoms with Gasteiger partial charge in [0.1, 0.15) is 5.75 Å². The summed E-state index contributed by atoms with van der Waals surface area (Å²) in [6, 6.07) is 8.33. The lowest BCUT2D eigenvalue weighted by Gasteiger charge is -2.40. The Hall–Kier alpha value is -0.630. The van der Waals surface area contributed by atoms with E-state index in [0.717, 1.165) is 24.5 Å². The molecule has 0 N–H and O–H groups in total. The van der Waals surface area contributed by atoms with E-state index >= 15 is 0 Å². The van der Waals surface area contributed by atoms with E-state index in [4.69, 9.17) is 4.74 Å². The maximum atomic E-state index is 5.98. The molecule has 1 aliphatic carbocycles. The fourth-order valence-electron chi connectivity index (χ4n) is 2.19. The minimum Gasteiger partial charge on any atom is -0.493 e. The van der Waals surface area contributed by atoms with Gasteiger partial charge in [-0.1, -0.05) is 31.5 Å². The summed E-state index contributed by atoms with van der Waals surface area (Å²) in [5, 5.41) is 0. The minimum atomic E-state index is 0.351. The second-order valence-electron chi connectivity index (χ2n) is 4.76. The van der Waals surface area contributed by atoms with Crippen LogP contribution < -0.4 is 4.74 Å². The minimum absolute atomic E-state index is 0.351.